The normalized spacial score (nSPS) is 12.6. The fourth-order valence-electron chi connectivity index (χ4n) is 1.04. The molecule has 102 valence electrons. The van der Waals surface area contributed by atoms with Gasteiger partial charge in [-0.25, -0.2) is 13.6 Å². The minimum absolute atomic E-state index is 0.246. The third kappa shape index (κ3) is 4.30. The van der Waals surface area contributed by atoms with Crippen molar-refractivity contribution in [2.75, 3.05) is 6.61 Å². The molecule has 0 atom stereocenters. The largest absolute Gasteiger partial charge is 0.481 e. The van der Waals surface area contributed by atoms with Gasteiger partial charge in [0.1, 0.15) is 4.90 Å². The van der Waals surface area contributed by atoms with Crippen molar-refractivity contribution in [2.45, 2.75) is 11.1 Å². The van der Waals surface area contributed by atoms with Crippen molar-refractivity contribution in [2.24, 2.45) is 5.14 Å². The van der Waals surface area contributed by atoms with Crippen LogP contribution < -0.4 is 9.88 Å². The molecule has 0 aliphatic heterocycles. The summed E-state index contributed by atoms with van der Waals surface area (Å²) in [6, 6.07) is 2.20. The van der Waals surface area contributed by atoms with Crippen molar-refractivity contribution < 1.29 is 26.3 Å². The number of primary sulfonamides is 1. The third-order valence-electron chi connectivity index (χ3n) is 1.66. The van der Waals surface area contributed by atoms with Crippen LogP contribution in [0.1, 0.15) is 0 Å². The van der Waals surface area contributed by atoms with Crippen molar-refractivity contribution in [3.8, 4) is 5.75 Å². The predicted molar refractivity (Wildman–Crippen MR) is 62.1 cm³/mol. The molecule has 1 aromatic carbocycles. The van der Waals surface area contributed by atoms with Gasteiger partial charge in [-0.15, -0.1) is 0 Å². The Balaban J connectivity index is 3.25. The van der Waals surface area contributed by atoms with Gasteiger partial charge in [-0.05, 0) is 12.1 Å². The molecule has 0 saturated carbocycles. The number of benzene rings is 1. The van der Waals surface area contributed by atoms with Crippen molar-refractivity contribution in [1.82, 2.24) is 0 Å². The molecule has 0 aliphatic carbocycles. The molecule has 0 fully saturated rings. The molecular weight excluding hydrogens is 363 g/mol. The van der Waals surface area contributed by atoms with E-state index < -0.39 is 33.5 Å². The van der Waals surface area contributed by atoms with E-state index in [1.165, 1.54) is 6.07 Å². The molecule has 0 saturated heterocycles. The van der Waals surface area contributed by atoms with Crippen LogP contribution in [0.4, 0.5) is 13.2 Å². The van der Waals surface area contributed by atoms with Gasteiger partial charge in [0.25, 0.3) is 0 Å². The summed E-state index contributed by atoms with van der Waals surface area (Å²) in [5, 5.41) is 4.57. The highest BCUT2D eigenvalue weighted by atomic mass is 79.9. The van der Waals surface area contributed by atoms with Crippen molar-refractivity contribution in [3.05, 3.63) is 21.6 Å². The maximum atomic E-state index is 12.0. The second-order valence-electron chi connectivity index (χ2n) is 3.16. The van der Waals surface area contributed by atoms with E-state index in [-0.39, 0.29) is 9.50 Å². The molecule has 0 aliphatic rings. The Morgan fingerprint density at radius 3 is 2.39 bits per heavy atom. The fraction of sp³-hybridized carbons (Fsp3) is 0.250. The quantitative estimate of drug-likeness (QED) is 0.892. The van der Waals surface area contributed by atoms with E-state index in [2.05, 4.69) is 20.7 Å². The second-order valence-corrected chi connectivity index (χ2v) is 6.02. The Morgan fingerprint density at radius 2 is 1.94 bits per heavy atom. The van der Waals surface area contributed by atoms with Crippen molar-refractivity contribution in [3.63, 3.8) is 0 Å². The van der Waals surface area contributed by atoms with Gasteiger partial charge in [-0.2, -0.15) is 13.2 Å². The lowest BCUT2D eigenvalue weighted by molar-refractivity contribution is -0.153. The summed E-state index contributed by atoms with van der Waals surface area (Å²) in [7, 11) is -4.25. The first kappa shape index (κ1) is 15.5. The number of halogens is 5. The Morgan fingerprint density at radius 1 is 1.39 bits per heavy atom. The van der Waals surface area contributed by atoms with E-state index in [4.69, 9.17) is 16.7 Å². The van der Waals surface area contributed by atoms with Crippen molar-refractivity contribution >= 4 is 37.6 Å². The summed E-state index contributed by atoms with van der Waals surface area (Å²) in [4.78, 5) is -0.619. The molecule has 18 heavy (non-hydrogen) atoms. The van der Waals surface area contributed by atoms with Gasteiger partial charge < -0.3 is 4.74 Å². The minimum atomic E-state index is -4.62. The van der Waals surface area contributed by atoms with Gasteiger partial charge in [-0.3, -0.25) is 0 Å². The van der Waals surface area contributed by atoms with Crippen LogP contribution in [0.3, 0.4) is 0 Å². The first-order valence-electron chi connectivity index (χ1n) is 4.22. The first-order chi connectivity index (χ1) is 8.00. The third-order valence-corrected chi connectivity index (χ3v) is 3.32. The van der Waals surface area contributed by atoms with E-state index in [1.54, 1.807) is 0 Å². The average Bonchev–Trinajstić information content (AvgIpc) is 2.12. The lowest BCUT2D eigenvalue weighted by atomic mass is 10.3. The molecule has 10 heteroatoms. The van der Waals surface area contributed by atoms with Gasteiger partial charge in [-0.1, -0.05) is 27.5 Å². The molecule has 4 nitrogen and oxygen atoms in total. The van der Waals surface area contributed by atoms with Crippen LogP contribution in [0.25, 0.3) is 0 Å². The molecule has 0 radical (unpaired) electrons. The Hall–Kier alpha value is -0.510. The number of nitrogens with two attached hydrogens (primary N) is 1. The number of sulfonamides is 1. The molecule has 0 aromatic heterocycles. The van der Waals surface area contributed by atoms with Crippen molar-refractivity contribution in [1.29, 1.82) is 0 Å². The Bertz CT molecular complexity index is 561. The van der Waals surface area contributed by atoms with Gasteiger partial charge in [0.2, 0.25) is 10.0 Å². The maximum absolute atomic E-state index is 12.0. The van der Waals surface area contributed by atoms with Gasteiger partial charge in [0, 0.05) is 4.47 Å². The standard InChI is InChI=1S/C8H6BrClF3NO3S/c9-4-1-5(10)7(17-3-8(11,12)13)6(2-4)18(14,15)16/h1-2H,3H2,(H2,14,15,16). The van der Waals surface area contributed by atoms with Gasteiger partial charge in [0.15, 0.2) is 12.4 Å². The van der Waals surface area contributed by atoms with Crippen LogP contribution in [0.2, 0.25) is 5.02 Å². The zero-order valence-corrected chi connectivity index (χ0v) is 11.6. The molecule has 2 N–H and O–H groups in total. The lowest BCUT2D eigenvalue weighted by Gasteiger charge is -2.13. The maximum Gasteiger partial charge on any atom is 0.422 e. The SMILES string of the molecule is NS(=O)(=O)c1cc(Br)cc(Cl)c1OCC(F)(F)F. The topological polar surface area (TPSA) is 69.4 Å². The molecule has 0 amide bonds. The highest BCUT2D eigenvalue weighted by Crippen LogP contribution is 2.35. The summed E-state index contributed by atoms with van der Waals surface area (Å²) in [5.41, 5.74) is 0. The van der Waals surface area contributed by atoms with Gasteiger partial charge in [0.05, 0.1) is 5.02 Å². The smallest absolute Gasteiger partial charge is 0.422 e. The summed E-state index contributed by atoms with van der Waals surface area (Å²) >= 11 is 8.58. The monoisotopic (exact) mass is 367 g/mol. The van der Waals surface area contributed by atoms with Crippen LogP contribution in [0.5, 0.6) is 5.75 Å². The summed E-state index contributed by atoms with van der Waals surface area (Å²) in [6.07, 6.45) is -4.62. The predicted octanol–water partition coefficient (Wildman–Crippen LogP) is 2.69. The molecule has 0 bridgehead atoms. The number of rotatable bonds is 3. The molecule has 1 aromatic rings. The molecular formula is C8H6BrClF3NO3S. The van der Waals surface area contributed by atoms with Gasteiger partial charge >= 0.3 is 6.18 Å². The van der Waals surface area contributed by atoms with Crippen LogP contribution in [0.15, 0.2) is 21.5 Å². The highest BCUT2D eigenvalue weighted by molar-refractivity contribution is 9.10. The number of ether oxygens (including phenoxy) is 1. The molecule has 0 unspecified atom stereocenters. The van der Waals surface area contributed by atoms with E-state index in [1.807, 2.05) is 0 Å². The van der Waals surface area contributed by atoms with E-state index in [0.717, 1.165) is 6.07 Å². The van der Waals surface area contributed by atoms with E-state index in [0.29, 0.717) is 0 Å². The summed E-state index contributed by atoms with van der Waals surface area (Å²) < 4.78 is 63.1. The second kappa shape index (κ2) is 5.24. The van der Waals surface area contributed by atoms with Crippen LogP contribution in [-0.4, -0.2) is 21.2 Å². The van der Waals surface area contributed by atoms with E-state index >= 15 is 0 Å². The molecule has 0 heterocycles. The van der Waals surface area contributed by atoms with E-state index in [9.17, 15) is 21.6 Å². The number of hydrogen-bond acceptors (Lipinski definition) is 3. The fourth-order valence-corrected chi connectivity index (χ4v) is 2.83. The zero-order valence-electron chi connectivity index (χ0n) is 8.46. The lowest BCUT2D eigenvalue weighted by Crippen LogP contribution is -2.21. The Kier molecular flexibility index (Phi) is 4.52. The zero-order chi connectivity index (χ0) is 14.1. The van der Waals surface area contributed by atoms with Crippen LogP contribution in [-0.2, 0) is 10.0 Å². The molecule has 1 rings (SSSR count). The number of hydrogen-bond donors (Lipinski definition) is 1. The highest BCUT2D eigenvalue weighted by Gasteiger charge is 2.30. The average molecular weight is 369 g/mol. The minimum Gasteiger partial charge on any atom is -0.481 e. The summed E-state index contributed by atoms with van der Waals surface area (Å²) in [6.45, 7) is -1.67. The Labute approximate surface area is 114 Å². The first-order valence-corrected chi connectivity index (χ1v) is 6.94. The molecule has 0 spiro atoms. The van der Waals surface area contributed by atoms with Crippen LogP contribution >= 0.6 is 27.5 Å². The number of alkyl halides is 3. The van der Waals surface area contributed by atoms with Crippen LogP contribution in [0, 0.1) is 0 Å². The summed E-state index contributed by atoms with van der Waals surface area (Å²) in [5.74, 6) is -0.625.